The molecule has 9 aromatic carbocycles. The number of nitrogens with zero attached hydrogens (tertiary/aromatic N) is 2. The van der Waals surface area contributed by atoms with Crippen LogP contribution >= 0.6 is 0 Å². The van der Waals surface area contributed by atoms with E-state index in [2.05, 4.69) is 203 Å². The molecule has 2 N–H and O–H groups in total. The molecule has 0 atom stereocenters. The number of benzene rings is 9. The molecule has 11 rings (SSSR count). The second-order valence-corrected chi connectivity index (χ2v) is 14.4. The highest BCUT2D eigenvalue weighted by Gasteiger charge is 2.19. The zero-order chi connectivity index (χ0) is 36.5. The Morgan fingerprint density at radius 1 is 0.309 bits per heavy atom. The van der Waals surface area contributed by atoms with Crippen LogP contribution in [0, 0.1) is 0 Å². The number of hydrogen-bond acceptors (Lipinski definition) is 1. The van der Waals surface area contributed by atoms with Gasteiger partial charge in [-0.3, -0.25) is 0 Å². The molecule has 0 saturated carbocycles. The van der Waals surface area contributed by atoms with Crippen molar-refractivity contribution in [3.05, 3.63) is 200 Å². The van der Waals surface area contributed by atoms with Gasteiger partial charge in [-0.25, -0.2) is 0 Å². The Labute approximate surface area is 318 Å². The maximum Gasteiger partial charge on any atom is 0.0562 e. The monoisotopic (exact) mass is 701 g/mol. The number of aromatic nitrogens is 2. The Hall–Kier alpha value is -7.36. The van der Waals surface area contributed by atoms with Gasteiger partial charge in [0.1, 0.15) is 0 Å². The molecule has 3 nitrogen and oxygen atoms in total. The predicted octanol–water partition coefficient (Wildman–Crippen LogP) is 13.6. The summed E-state index contributed by atoms with van der Waals surface area (Å²) in [5.74, 6) is 0. The van der Waals surface area contributed by atoms with Crippen LogP contribution in [0.25, 0.3) is 99.1 Å². The fourth-order valence-electron chi connectivity index (χ4n) is 8.66. The standard InChI is InChI=1S/C52H35N3/c53-47-33-52-46(32-43(47)37-14-5-2-6-15-37)45-31-39(25-29-51(45)55(52)48-21-11-17-36-16-7-8-18-41(36)48)38-24-28-50-44(30-38)42-19-9-10-20-49(42)54(50)40-26-22-35(23-27-40)34-12-3-1-4-13-34/h1-33H,53H2. The van der Waals surface area contributed by atoms with E-state index in [-0.39, 0.29) is 0 Å². The van der Waals surface area contributed by atoms with Crippen LogP contribution in [0.3, 0.4) is 0 Å². The minimum Gasteiger partial charge on any atom is -0.398 e. The first-order valence-corrected chi connectivity index (χ1v) is 18.8. The van der Waals surface area contributed by atoms with Gasteiger partial charge in [0.05, 0.1) is 27.8 Å². The smallest absolute Gasteiger partial charge is 0.0562 e. The number of para-hydroxylation sites is 1. The number of fused-ring (bicyclic) bond motifs is 7. The average Bonchev–Trinajstić information content (AvgIpc) is 3.75. The Balaban J connectivity index is 1.11. The van der Waals surface area contributed by atoms with Crippen LogP contribution in [0.15, 0.2) is 200 Å². The van der Waals surface area contributed by atoms with Crippen LogP contribution in [0.5, 0.6) is 0 Å². The summed E-state index contributed by atoms with van der Waals surface area (Å²) >= 11 is 0. The SMILES string of the molecule is Nc1cc2c(cc1-c1ccccc1)c1cc(-c3ccc4c(c3)c3ccccc3n4-c3ccc(-c4ccccc4)cc3)ccc1n2-c1cccc2ccccc12. The van der Waals surface area contributed by atoms with E-state index in [9.17, 15) is 0 Å². The third-order valence-electron chi connectivity index (χ3n) is 11.3. The van der Waals surface area contributed by atoms with Crippen molar-refractivity contribution in [2.24, 2.45) is 0 Å². The van der Waals surface area contributed by atoms with Crippen molar-refractivity contribution >= 4 is 60.1 Å². The molecule has 3 heteroatoms. The van der Waals surface area contributed by atoms with Gasteiger partial charge in [-0.2, -0.15) is 0 Å². The molecule has 2 heterocycles. The van der Waals surface area contributed by atoms with Crippen molar-refractivity contribution in [1.29, 1.82) is 0 Å². The summed E-state index contributed by atoms with van der Waals surface area (Å²) in [5, 5.41) is 7.25. The van der Waals surface area contributed by atoms with Crippen LogP contribution in [-0.2, 0) is 0 Å². The summed E-state index contributed by atoms with van der Waals surface area (Å²) in [5.41, 5.74) is 21.5. The van der Waals surface area contributed by atoms with Crippen LogP contribution in [-0.4, -0.2) is 9.13 Å². The van der Waals surface area contributed by atoms with E-state index in [1.54, 1.807) is 0 Å². The molecule has 0 bridgehead atoms. The fourth-order valence-corrected chi connectivity index (χ4v) is 8.66. The maximum absolute atomic E-state index is 6.88. The highest BCUT2D eigenvalue weighted by Crippen LogP contribution is 2.42. The van der Waals surface area contributed by atoms with Crippen LogP contribution in [0.1, 0.15) is 0 Å². The highest BCUT2D eigenvalue weighted by atomic mass is 15.0. The Kier molecular flexibility index (Phi) is 7.01. The number of nitrogens with two attached hydrogens (primary N) is 1. The molecule has 258 valence electrons. The van der Waals surface area contributed by atoms with Gasteiger partial charge in [0.2, 0.25) is 0 Å². The second-order valence-electron chi connectivity index (χ2n) is 14.4. The third kappa shape index (κ3) is 4.98. The normalized spacial score (nSPS) is 11.7. The van der Waals surface area contributed by atoms with Crippen LogP contribution in [0.4, 0.5) is 5.69 Å². The van der Waals surface area contributed by atoms with Gasteiger partial charge in [0.15, 0.2) is 0 Å². The van der Waals surface area contributed by atoms with Crippen molar-refractivity contribution in [2.75, 3.05) is 5.73 Å². The van der Waals surface area contributed by atoms with E-state index in [4.69, 9.17) is 5.73 Å². The molecule has 0 aliphatic heterocycles. The van der Waals surface area contributed by atoms with Crippen molar-refractivity contribution < 1.29 is 0 Å². The minimum atomic E-state index is 0.764. The lowest BCUT2D eigenvalue weighted by atomic mass is 9.98. The summed E-state index contributed by atoms with van der Waals surface area (Å²) < 4.78 is 4.78. The fraction of sp³-hybridized carbons (Fsp3) is 0. The Morgan fingerprint density at radius 2 is 0.836 bits per heavy atom. The lowest BCUT2D eigenvalue weighted by molar-refractivity contribution is 1.18. The van der Waals surface area contributed by atoms with E-state index in [0.29, 0.717) is 0 Å². The number of hydrogen-bond donors (Lipinski definition) is 1. The first-order valence-electron chi connectivity index (χ1n) is 18.8. The molecule has 0 unspecified atom stereocenters. The quantitative estimate of drug-likeness (QED) is 0.178. The number of rotatable bonds is 5. The minimum absolute atomic E-state index is 0.764. The number of anilines is 1. The predicted molar refractivity (Wildman–Crippen MR) is 233 cm³/mol. The molecule has 0 aliphatic carbocycles. The van der Waals surface area contributed by atoms with E-state index < -0.39 is 0 Å². The molecule has 0 amide bonds. The van der Waals surface area contributed by atoms with Crippen LogP contribution < -0.4 is 5.73 Å². The van der Waals surface area contributed by atoms with Gasteiger partial charge in [-0.15, -0.1) is 0 Å². The second kappa shape index (κ2) is 12.4. The van der Waals surface area contributed by atoms with Gasteiger partial charge < -0.3 is 14.9 Å². The molecular weight excluding hydrogens is 667 g/mol. The van der Waals surface area contributed by atoms with Gasteiger partial charge in [0.25, 0.3) is 0 Å². The molecule has 0 spiro atoms. The van der Waals surface area contributed by atoms with Gasteiger partial charge in [-0.05, 0) is 93.9 Å². The molecule has 0 saturated heterocycles. The lowest BCUT2D eigenvalue weighted by Crippen LogP contribution is -1.97. The number of nitrogen functional groups attached to an aromatic ring is 1. The third-order valence-corrected chi connectivity index (χ3v) is 11.3. The van der Waals surface area contributed by atoms with E-state index in [1.165, 1.54) is 65.6 Å². The largest absolute Gasteiger partial charge is 0.398 e. The van der Waals surface area contributed by atoms with Gasteiger partial charge in [-0.1, -0.05) is 140 Å². The molecule has 11 aromatic rings. The molecule has 0 aliphatic rings. The molecular formula is C52H35N3. The Bertz CT molecular complexity index is 3240. The van der Waals surface area contributed by atoms with E-state index in [1.807, 2.05) is 6.07 Å². The molecule has 2 aromatic heterocycles. The summed E-state index contributed by atoms with van der Waals surface area (Å²) in [6.45, 7) is 0. The van der Waals surface area contributed by atoms with Gasteiger partial charge >= 0.3 is 0 Å². The van der Waals surface area contributed by atoms with Crippen molar-refractivity contribution in [1.82, 2.24) is 9.13 Å². The van der Waals surface area contributed by atoms with Crippen LogP contribution in [0.2, 0.25) is 0 Å². The van der Waals surface area contributed by atoms with Crippen molar-refractivity contribution in [2.45, 2.75) is 0 Å². The summed E-state index contributed by atoms with van der Waals surface area (Å²) in [4.78, 5) is 0. The average molecular weight is 702 g/mol. The van der Waals surface area contributed by atoms with Crippen molar-refractivity contribution in [3.63, 3.8) is 0 Å². The summed E-state index contributed by atoms with van der Waals surface area (Å²) in [6, 6.07) is 72.1. The summed E-state index contributed by atoms with van der Waals surface area (Å²) in [6.07, 6.45) is 0. The maximum atomic E-state index is 6.88. The van der Waals surface area contributed by atoms with Crippen molar-refractivity contribution in [3.8, 4) is 44.8 Å². The van der Waals surface area contributed by atoms with Gasteiger partial charge in [0, 0.05) is 43.9 Å². The van der Waals surface area contributed by atoms with E-state index in [0.717, 1.165) is 39.2 Å². The first kappa shape index (κ1) is 31.2. The van der Waals surface area contributed by atoms with E-state index >= 15 is 0 Å². The lowest BCUT2D eigenvalue weighted by Gasteiger charge is -2.13. The zero-order valence-electron chi connectivity index (χ0n) is 30.0. The molecule has 0 fully saturated rings. The first-order chi connectivity index (χ1) is 27.2. The zero-order valence-corrected chi connectivity index (χ0v) is 30.0. The molecule has 55 heavy (non-hydrogen) atoms. The Morgan fingerprint density at radius 3 is 1.58 bits per heavy atom. The topological polar surface area (TPSA) is 35.9 Å². The summed E-state index contributed by atoms with van der Waals surface area (Å²) in [7, 11) is 0. The highest BCUT2D eigenvalue weighted by molar-refractivity contribution is 6.15. The molecule has 0 radical (unpaired) electrons.